The summed E-state index contributed by atoms with van der Waals surface area (Å²) in [6.07, 6.45) is 0. The fraction of sp³-hybridized carbons (Fsp3) is 0.263. The first-order valence-electron chi connectivity index (χ1n) is 7.74. The Morgan fingerprint density at radius 3 is 2.26 bits per heavy atom. The van der Waals surface area contributed by atoms with E-state index in [1.54, 1.807) is 0 Å². The number of benzene rings is 2. The van der Waals surface area contributed by atoms with Gasteiger partial charge in [-0.15, -0.1) is 10.2 Å². The molecule has 0 aliphatic carbocycles. The van der Waals surface area contributed by atoms with Gasteiger partial charge in [0.05, 0.1) is 6.54 Å². The van der Waals surface area contributed by atoms with Crippen molar-refractivity contribution in [2.24, 2.45) is 0 Å². The van der Waals surface area contributed by atoms with Crippen LogP contribution in [0.2, 0.25) is 0 Å². The molecule has 4 nitrogen and oxygen atoms in total. The van der Waals surface area contributed by atoms with Crippen molar-refractivity contribution in [1.29, 1.82) is 0 Å². The molecule has 0 amide bonds. The number of nitrogens with one attached hydrogen (secondary N) is 1. The number of anilines is 1. The quantitative estimate of drug-likeness (QED) is 0.762. The molecule has 0 unspecified atom stereocenters. The highest BCUT2D eigenvalue weighted by Crippen LogP contribution is 2.24. The number of nitrogens with zero attached hydrogens (tertiary/aromatic N) is 2. The van der Waals surface area contributed by atoms with E-state index in [4.69, 9.17) is 4.42 Å². The Hall–Kier alpha value is -2.62. The average molecular weight is 307 g/mol. The largest absolute Gasteiger partial charge is 0.419 e. The second-order valence-corrected chi connectivity index (χ2v) is 6.55. The predicted molar refractivity (Wildman–Crippen MR) is 92.2 cm³/mol. The third-order valence-corrected chi connectivity index (χ3v) is 3.68. The van der Waals surface area contributed by atoms with Crippen molar-refractivity contribution in [3.63, 3.8) is 0 Å². The Kier molecular flexibility index (Phi) is 4.15. The summed E-state index contributed by atoms with van der Waals surface area (Å²) in [6, 6.07) is 18.2. The molecule has 0 radical (unpaired) electrons. The van der Waals surface area contributed by atoms with Crippen molar-refractivity contribution in [3.05, 3.63) is 66.1 Å². The highest BCUT2D eigenvalue weighted by Gasteiger charge is 2.13. The van der Waals surface area contributed by atoms with E-state index in [1.807, 2.05) is 30.3 Å². The summed E-state index contributed by atoms with van der Waals surface area (Å²) >= 11 is 0. The van der Waals surface area contributed by atoms with Crippen LogP contribution >= 0.6 is 0 Å². The SMILES string of the molecule is CC(C)(C)c1ccc(NCc2nnc(-c3ccccc3)o2)cc1. The average Bonchev–Trinajstić information content (AvgIpc) is 3.02. The smallest absolute Gasteiger partial charge is 0.247 e. The lowest BCUT2D eigenvalue weighted by molar-refractivity contribution is 0.515. The Labute approximate surface area is 136 Å². The van der Waals surface area contributed by atoms with E-state index < -0.39 is 0 Å². The highest BCUT2D eigenvalue weighted by atomic mass is 16.4. The number of hydrogen-bond donors (Lipinski definition) is 1. The fourth-order valence-electron chi connectivity index (χ4n) is 2.29. The molecule has 23 heavy (non-hydrogen) atoms. The summed E-state index contributed by atoms with van der Waals surface area (Å²) in [7, 11) is 0. The van der Waals surface area contributed by atoms with Crippen LogP contribution in [0.1, 0.15) is 32.2 Å². The van der Waals surface area contributed by atoms with Crippen LogP contribution < -0.4 is 5.32 Å². The summed E-state index contributed by atoms with van der Waals surface area (Å²) in [4.78, 5) is 0. The third kappa shape index (κ3) is 3.77. The molecule has 0 fully saturated rings. The van der Waals surface area contributed by atoms with E-state index in [1.165, 1.54) is 5.56 Å². The van der Waals surface area contributed by atoms with Gasteiger partial charge in [-0.25, -0.2) is 0 Å². The standard InChI is InChI=1S/C19H21N3O/c1-19(2,3)15-9-11-16(12-10-15)20-13-17-21-22-18(23-17)14-7-5-4-6-8-14/h4-12,20H,13H2,1-3H3. The van der Waals surface area contributed by atoms with Crippen LogP contribution in [-0.4, -0.2) is 10.2 Å². The van der Waals surface area contributed by atoms with Gasteiger partial charge in [-0.3, -0.25) is 0 Å². The molecule has 118 valence electrons. The summed E-state index contributed by atoms with van der Waals surface area (Å²) in [5, 5.41) is 11.5. The lowest BCUT2D eigenvalue weighted by Crippen LogP contribution is -2.10. The Morgan fingerprint density at radius 2 is 1.61 bits per heavy atom. The van der Waals surface area contributed by atoms with E-state index in [2.05, 4.69) is 60.6 Å². The van der Waals surface area contributed by atoms with Crippen molar-refractivity contribution in [1.82, 2.24) is 10.2 Å². The first-order chi connectivity index (χ1) is 11.0. The van der Waals surface area contributed by atoms with Crippen LogP contribution in [0, 0.1) is 0 Å². The normalized spacial score (nSPS) is 11.4. The second-order valence-electron chi connectivity index (χ2n) is 6.55. The molecule has 0 spiro atoms. The van der Waals surface area contributed by atoms with Gasteiger partial charge in [0.1, 0.15) is 0 Å². The predicted octanol–water partition coefficient (Wildman–Crippen LogP) is 4.65. The van der Waals surface area contributed by atoms with Gasteiger partial charge < -0.3 is 9.73 Å². The molecule has 2 aromatic carbocycles. The molecule has 4 heteroatoms. The lowest BCUT2D eigenvalue weighted by atomic mass is 9.87. The van der Waals surface area contributed by atoms with Crippen LogP contribution in [0.25, 0.3) is 11.5 Å². The lowest BCUT2D eigenvalue weighted by Gasteiger charge is -2.19. The maximum absolute atomic E-state index is 5.68. The highest BCUT2D eigenvalue weighted by molar-refractivity contribution is 5.52. The second kappa shape index (κ2) is 6.24. The van der Waals surface area contributed by atoms with Gasteiger partial charge in [-0.2, -0.15) is 0 Å². The van der Waals surface area contributed by atoms with Crippen molar-refractivity contribution in [2.45, 2.75) is 32.7 Å². The van der Waals surface area contributed by atoms with Crippen LogP contribution in [0.5, 0.6) is 0 Å². The first kappa shape index (κ1) is 15.3. The van der Waals surface area contributed by atoms with Gasteiger partial charge in [-0.05, 0) is 35.2 Å². The molecule has 0 aliphatic heterocycles. The van der Waals surface area contributed by atoms with Gasteiger partial charge in [0.25, 0.3) is 0 Å². The maximum Gasteiger partial charge on any atom is 0.247 e. The summed E-state index contributed by atoms with van der Waals surface area (Å²) in [6.45, 7) is 7.13. The molecule has 0 saturated heterocycles. The molecule has 1 N–H and O–H groups in total. The van der Waals surface area contributed by atoms with E-state index in [0.717, 1.165) is 11.3 Å². The molecule has 3 rings (SSSR count). The van der Waals surface area contributed by atoms with E-state index in [9.17, 15) is 0 Å². The van der Waals surface area contributed by atoms with E-state index >= 15 is 0 Å². The molecule has 0 bridgehead atoms. The molecular weight excluding hydrogens is 286 g/mol. The molecule has 0 saturated carbocycles. The van der Waals surface area contributed by atoms with Crippen molar-refractivity contribution in [3.8, 4) is 11.5 Å². The van der Waals surface area contributed by atoms with Gasteiger partial charge in [0.2, 0.25) is 11.8 Å². The Bertz CT molecular complexity index is 755. The molecule has 0 atom stereocenters. The van der Waals surface area contributed by atoms with Crippen molar-refractivity contribution in [2.75, 3.05) is 5.32 Å². The monoisotopic (exact) mass is 307 g/mol. The van der Waals surface area contributed by atoms with Crippen LogP contribution in [0.15, 0.2) is 59.0 Å². The topological polar surface area (TPSA) is 51.0 Å². The van der Waals surface area contributed by atoms with E-state index in [0.29, 0.717) is 18.3 Å². The number of hydrogen-bond acceptors (Lipinski definition) is 4. The van der Waals surface area contributed by atoms with Gasteiger partial charge >= 0.3 is 0 Å². The Balaban J connectivity index is 1.64. The Morgan fingerprint density at radius 1 is 0.913 bits per heavy atom. The van der Waals surface area contributed by atoms with E-state index in [-0.39, 0.29) is 5.41 Å². The molecule has 0 aliphatic rings. The number of rotatable bonds is 4. The third-order valence-electron chi connectivity index (χ3n) is 3.68. The van der Waals surface area contributed by atoms with Crippen molar-refractivity contribution >= 4 is 5.69 Å². The van der Waals surface area contributed by atoms with Crippen LogP contribution in [0.3, 0.4) is 0 Å². The molecular formula is C19H21N3O. The molecule has 3 aromatic rings. The van der Waals surface area contributed by atoms with Crippen LogP contribution in [-0.2, 0) is 12.0 Å². The first-order valence-corrected chi connectivity index (χ1v) is 7.74. The minimum Gasteiger partial charge on any atom is -0.419 e. The molecule has 1 heterocycles. The number of aromatic nitrogens is 2. The molecule has 1 aromatic heterocycles. The van der Waals surface area contributed by atoms with Gasteiger partial charge in [-0.1, -0.05) is 51.1 Å². The van der Waals surface area contributed by atoms with Gasteiger partial charge in [0.15, 0.2) is 0 Å². The summed E-state index contributed by atoms with van der Waals surface area (Å²) in [5.74, 6) is 1.12. The minimum absolute atomic E-state index is 0.162. The van der Waals surface area contributed by atoms with Crippen LogP contribution in [0.4, 0.5) is 5.69 Å². The maximum atomic E-state index is 5.68. The summed E-state index contributed by atoms with van der Waals surface area (Å²) in [5.41, 5.74) is 3.45. The fourth-order valence-corrected chi connectivity index (χ4v) is 2.29. The zero-order valence-electron chi connectivity index (χ0n) is 13.7. The van der Waals surface area contributed by atoms with Crippen molar-refractivity contribution < 1.29 is 4.42 Å². The van der Waals surface area contributed by atoms with Gasteiger partial charge in [0, 0.05) is 11.3 Å². The summed E-state index contributed by atoms with van der Waals surface area (Å²) < 4.78 is 5.68. The zero-order chi connectivity index (χ0) is 16.3. The minimum atomic E-state index is 0.162. The zero-order valence-corrected chi connectivity index (χ0v) is 13.7.